The second-order valence-electron chi connectivity index (χ2n) is 6.64. The molecule has 0 radical (unpaired) electrons. The van der Waals surface area contributed by atoms with E-state index in [4.69, 9.17) is 8.94 Å². The van der Waals surface area contributed by atoms with E-state index in [2.05, 4.69) is 10.3 Å². The van der Waals surface area contributed by atoms with Crippen LogP contribution >= 0.6 is 0 Å². The summed E-state index contributed by atoms with van der Waals surface area (Å²) in [6.45, 7) is 3.96. The zero-order valence-electron chi connectivity index (χ0n) is 14.8. The molecule has 9 heteroatoms. The van der Waals surface area contributed by atoms with Crippen LogP contribution in [0.15, 0.2) is 38.6 Å². The van der Waals surface area contributed by atoms with E-state index in [-0.39, 0.29) is 17.7 Å². The monoisotopic (exact) mass is 376 g/mol. The zero-order valence-corrected chi connectivity index (χ0v) is 15.7. The molecule has 8 nitrogen and oxygen atoms in total. The molecule has 0 aromatic carbocycles. The van der Waals surface area contributed by atoms with Crippen LogP contribution in [0.4, 0.5) is 0 Å². The topological polar surface area (TPSA) is 94.4 Å². The van der Waals surface area contributed by atoms with Crippen molar-refractivity contribution >= 4 is 10.0 Å². The fourth-order valence-electron chi connectivity index (χ4n) is 2.85. The van der Waals surface area contributed by atoms with Gasteiger partial charge in [0.1, 0.15) is 0 Å². The van der Waals surface area contributed by atoms with Crippen molar-refractivity contribution in [3.8, 4) is 11.5 Å². The van der Waals surface area contributed by atoms with Gasteiger partial charge in [-0.3, -0.25) is 4.68 Å². The van der Waals surface area contributed by atoms with Gasteiger partial charge in [-0.25, -0.2) is 8.42 Å². The summed E-state index contributed by atoms with van der Waals surface area (Å²) in [5.74, 6) is 0.813. The van der Waals surface area contributed by atoms with Crippen molar-refractivity contribution in [2.45, 2.75) is 44.4 Å². The van der Waals surface area contributed by atoms with Gasteiger partial charge >= 0.3 is 0 Å². The van der Waals surface area contributed by atoms with Gasteiger partial charge in [-0.1, -0.05) is 5.16 Å². The first kappa shape index (κ1) is 17.0. The van der Waals surface area contributed by atoms with E-state index in [1.54, 1.807) is 24.0 Å². The van der Waals surface area contributed by atoms with E-state index in [1.807, 2.05) is 20.0 Å². The first-order valence-corrected chi connectivity index (χ1v) is 9.82. The fraction of sp³-hybridized carbons (Fsp3) is 0.412. The lowest BCUT2D eigenvalue weighted by Crippen LogP contribution is -2.32. The van der Waals surface area contributed by atoms with Gasteiger partial charge < -0.3 is 8.94 Å². The number of aromatic nitrogens is 3. The summed E-state index contributed by atoms with van der Waals surface area (Å²) in [5.41, 5.74) is 2.42. The van der Waals surface area contributed by atoms with E-state index in [0.717, 1.165) is 29.7 Å². The van der Waals surface area contributed by atoms with Crippen molar-refractivity contribution in [3.63, 3.8) is 0 Å². The Kier molecular flexibility index (Phi) is 4.00. The van der Waals surface area contributed by atoms with Crippen LogP contribution in [0.3, 0.4) is 0 Å². The normalized spacial score (nSPS) is 15.1. The third-order valence-electron chi connectivity index (χ3n) is 4.58. The number of furan rings is 1. The van der Waals surface area contributed by atoms with Gasteiger partial charge in [-0.15, -0.1) is 0 Å². The molecule has 0 unspecified atom stereocenters. The summed E-state index contributed by atoms with van der Waals surface area (Å²) < 4.78 is 40.3. The Morgan fingerprint density at radius 1 is 1.31 bits per heavy atom. The molecule has 138 valence electrons. The molecule has 0 atom stereocenters. The molecule has 0 amide bonds. The Labute approximate surface area is 151 Å². The first-order valence-electron chi connectivity index (χ1n) is 8.38. The van der Waals surface area contributed by atoms with Crippen LogP contribution in [-0.4, -0.2) is 33.7 Å². The Bertz CT molecular complexity index is 1040. The fourth-order valence-corrected chi connectivity index (χ4v) is 4.44. The molecule has 3 aromatic heterocycles. The highest BCUT2D eigenvalue weighted by atomic mass is 32.2. The van der Waals surface area contributed by atoms with Gasteiger partial charge in [0.25, 0.3) is 10.0 Å². The molecule has 0 bridgehead atoms. The maximum absolute atomic E-state index is 13.1. The van der Waals surface area contributed by atoms with Gasteiger partial charge in [-0.05, 0) is 38.8 Å². The van der Waals surface area contributed by atoms with Crippen LogP contribution in [0.1, 0.15) is 29.7 Å². The summed E-state index contributed by atoms with van der Waals surface area (Å²) in [5, 5.41) is 7.92. The molecule has 0 spiro atoms. The second kappa shape index (κ2) is 6.10. The van der Waals surface area contributed by atoms with E-state index in [9.17, 15) is 8.42 Å². The highest BCUT2D eigenvalue weighted by Gasteiger charge is 2.40. The predicted octanol–water partition coefficient (Wildman–Crippen LogP) is 2.64. The van der Waals surface area contributed by atoms with Crippen molar-refractivity contribution in [1.82, 2.24) is 19.2 Å². The summed E-state index contributed by atoms with van der Waals surface area (Å²) in [7, 11) is -1.95. The molecule has 1 fully saturated rings. The molecule has 0 N–H and O–H groups in total. The van der Waals surface area contributed by atoms with Gasteiger partial charge in [0.2, 0.25) is 10.9 Å². The van der Waals surface area contributed by atoms with Gasteiger partial charge in [0.05, 0.1) is 11.9 Å². The number of hydrogen-bond donors (Lipinski definition) is 0. The van der Waals surface area contributed by atoms with Gasteiger partial charge in [0, 0.05) is 37.0 Å². The third-order valence-corrected chi connectivity index (χ3v) is 6.35. The second-order valence-corrected chi connectivity index (χ2v) is 8.47. The standard InChI is InChI=1S/C17H20N4O4S/c1-11-12(2)19-25-17(11)15-6-7-16(24-15)26(22,23)21(14-4-5-14)10-13-8-18-20(3)9-13/h6-9,14H,4-5,10H2,1-3H3. The molecule has 1 aliphatic carbocycles. The van der Waals surface area contributed by atoms with Crippen LogP contribution < -0.4 is 0 Å². The number of aryl methyl sites for hydroxylation is 2. The summed E-state index contributed by atoms with van der Waals surface area (Å²) >= 11 is 0. The van der Waals surface area contributed by atoms with Crippen molar-refractivity contribution in [2.75, 3.05) is 0 Å². The van der Waals surface area contributed by atoms with Crippen LogP contribution in [0.2, 0.25) is 0 Å². The Balaban J connectivity index is 1.65. The van der Waals surface area contributed by atoms with Crippen molar-refractivity contribution in [2.24, 2.45) is 7.05 Å². The van der Waals surface area contributed by atoms with Crippen LogP contribution in [-0.2, 0) is 23.6 Å². The number of sulfonamides is 1. The van der Waals surface area contributed by atoms with E-state index >= 15 is 0 Å². The molecular formula is C17H20N4O4S. The first-order chi connectivity index (χ1) is 12.4. The number of nitrogens with zero attached hydrogens (tertiary/aromatic N) is 4. The summed E-state index contributed by atoms with van der Waals surface area (Å²) in [6.07, 6.45) is 5.21. The van der Waals surface area contributed by atoms with Crippen molar-refractivity contribution in [1.29, 1.82) is 0 Å². The average Bonchev–Trinajstić information content (AvgIpc) is 2.99. The molecule has 3 heterocycles. The minimum atomic E-state index is -3.75. The molecular weight excluding hydrogens is 356 g/mol. The minimum Gasteiger partial charge on any atom is -0.440 e. The van der Waals surface area contributed by atoms with Crippen LogP contribution in [0.5, 0.6) is 0 Å². The Hall–Kier alpha value is -2.39. The smallest absolute Gasteiger partial charge is 0.277 e. The predicted molar refractivity (Wildman–Crippen MR) is 92.6 cm³/mol. The molecule has 26 heavy (non-hydrogen) atoms. The minimum absolute atomic E-state index is 0.00279. The van der Waals surface area contributed by atoms with E-state index in [0.29, 0.717) is 11.5 Å². The highest BCUT2D eigenvalue weighted by Crippen LogP contribution is 2.35. The van der Waals surface area contributed by atoms with Crippen molar-refractivity contribution < 1.29 is 17.4 Å². The van der Waals surface area contributed by atoms with Crippen molar-refractivity contribution in [3.05, 3.63) is 41.3 Å². The lowest BCUT2D eigenvalue weighted by atomic mass is 10.2. The maximum atomic E-state index is 13.1. The Morgan fingerprint density at radius 3 is 2.65 bits per heavy atom. The van der Waals surface area contributed by atoms with Gasteiger partial charge in [-0.2, -0.15) is 9.40 Å². The lowest BCUT2D eigenvalue weighted by Gasteiger charge is -2.19. The number of rotatable bonds is 6. The molecule has 3 aromatic rings. The SMILES string of the molecule is Cc1noc(-c2ccc(S(=O)(=O)N(Cc3cnn(C)c3)C3CC3)o2)c1C. The van der Waals surface area contributed by atoms with Crippen LogP contribution in [0.25, 0.3) is 11.5 Å². The molecule has 4 rings (SSSR count). The zero-order chi connectivity index (χ0) is 18.5. The molecule has 0 aliphatic heterocycles. The quantitative estimate of drug-likeness (QED) is 0.656. The van der Waals surface area contributed by atoms with E-state index < -0.39 is 10.0 Å². The third kappa shape index (κ3) is 2.97. The highest BCUT2D eigenvalue weighted by molar-refractivity contribution is 7.89. The summed E-state index contributed by atoms with van der Waals surface area (Å²) in [4.78, 5) is 0. The largest absolute Gasteiger partial charge is 0.440 e. The molecule has 1 saturated carbocycles. The maximum Gasteiger partial charge on any atom is 0.277 e. The summed E-state index contributed by atoms with van der Waals surface area (Å²) in [6, 6.07) is 3.08. The van der Waals surface area contributed by atoms with Gasteiger partial charge in [0.15, 0.2) is 5.76 Å². The molecule has 0 saturated heterocycles. The van der Waals surface area contributed by atoms with Crippen LogP contribution in [0, 0.1) is 13.8 Å². The lowest BCUT2D eigenvalue weighted by molar-refractivity contribution is 0.364. The average molecular weight is 376 g/mol. The molecule has 1 aliphatic rings. The number of hydrogen-bond acceptors (Lipinski definition) is 6. The Morgan fingerprint density at radius 2 is 2.08 bits per heavy atom. The van der Waals surface area contributed by atoms with E-state index in [1.165, 1.54) is 10.4 Å².